The highest BCUT2D eigenvalue weighted by atomic mass is 32.2. The van der Waals surface area contributed by atoms with E-state index in [4.69, 9.17) is 5.26 Å². The van der Waals surface area contributed by atoms with Gasteiger partial charge in [-0.1, -0.05) is 33.8 Å². The highest BCUT2D eigenvalue weighted by molar-refractivity contribution is 8.00. The third kappa shape index (κ3) is 4.80. The quantitative estimate of drug-likeness (QED) is 0.809. The molecule has 0 aliphatic rings. The minimum absolute atomic E-state index is 0.463. The molecule has 0 fully saturated rings. The molecule has 0 aromatic heterocycles. The molecule has 0 saturated heterocycles. The SMILES string of the molecule is CC(C)NCc1ccc(SC(C)C)c(C#N)c1. The fourth-order valence-corrected chi connectivity index (χ4v) is 2.34. The maximum Gasteiger partial charge on any atom is 0.100 e. The second-order valence-electron chi connectivity index (χ2n) is 4.64. The van der Waals surface area contributed by atoms with Crippen molar-refractivity contribution in [1.29, 1.82) is 5.26 Å². The van der Waals surface area contributed by atoms with Crippen molar-refractivity contribution in [1.82, 2.24) is 5.32 Å². The Kier molecular flexibility index (Phi) is 5.54. The molecule has 0 bridgehead atoms. The van der Waals surface area contributed by atoms with Crippen molar-refractivity contribution in [3.05, 3.63) is 29.3 Å². The molecule has 0 heterocycles. The molecule has 0 amide bonds. The zero-order valence-corrected chi connectivity index (χ0v) is 11.8. The van der Waals surface area contributed by atoms with E-state index in [1.807, 2.05) is 6.07 Å². The van der Waals surface area contributed by atoms with Gasteiger partial charge in [-0.2, -0.15) is 5.26 Å². The summed E-state index contributed by atoms with van der Waals surface area (Å²) in [4.78, 5) is 1.08. The molecule has 0 saturated carbocycles. The monoisotopic (exact) mass is 248 g/mol. The third-order valence-electron chi connectivity index (χ3n) is 2.24. The molecule has 2 nitrogen and oxygen atoms in total. The molecule has 92 valence electrons. The Bertz CT molecular complexity index is 405. The van der Waals surface area contributed by atoms with Gasteiger partial charge in [0.25, 0.3) is 0 Å². The summed E-state index contributed by atoms with van der Waals surface area (Å²) in [5, 5.41) is 13.0. The maximum absolute atomic E-state index is 9.15. The van der Waals surface area contributed by atoms with Gasteiger partial charge in [-0.3, -0.25) is 0 Å². The van der Waals surface area contributed by atoms with Crippen LogP contribution in [0, 0.1) is 11.3 Å². The Balaban J connectivity index is 2.82. The van der Waals surface area contributed by atoms with Gasteiger partial charge in [-0.25, -0.2) is 0 Å². The third-order valence-corrected chi connectivity index (χ3v) is 3.32. The van der Waals surface area contributed by atoms with Crippen LogP contribution in [-0.4, -0.2) is 11.3 Å². The summed E-state index contributed by atoms with van der Waals surface area (Å²) in [7, 11) is 0. The number of nitrogens with one attached hydrogen (secondary N) is 1. The standard InChI is InChI=1S/C14H20N2S/c1-10(2)16-9-12-5-6-14(17-11(3)4)13(7-12)8-15/h5-7,10-11,16H,9H2,1-4H3. The van der Waals surface area contributed by atoms with Crippen LogP contribution in [-0.2, 0) is 6.54 Å². The van der Waals surface area contributed by atoms with Crippen LogP contribution in [0.1, 0.15) is 38.8 Å². The van der Waals surface area contributed by atoms with Crippen LogP contribution in [0.15, 0.2) is 23.1 Å². The molecule has 17 heavy (non-hydrogen) atoms. The lowest BCUT2D eigenvalue weighted by Crippen LogP contribution is -2.21. The van der Waals surface area contributed by atoms with Crippen molar-refractivity contribution < 1.29 is 0 Å². The summed E-state index contributed by atoms with van der Waals surface area (Å²) < 4.78 is 0. The van der Waals surface area contributed by atoms with Crippen LogP contribution in [0.4, 0.5) is 0 Å². The first-order valence-electron chi connectivity index (χ1n) is 5.96. The van der Waals surface area contributed by atoms with E-state index in [0.29, 0.717) is 11.3 Å². The van der Waals surface area contributed by atoms with Gasteiger partial charge in [0.1, 0.15) is 6.07 Å². The number of thioether (sulfide) groups is 1. The van der Waals surface area contributed by atoms with E-state index >= 15 is 0 Å². The molecule has 0 unspecified atom stereocenters. The number of hydrogen-bond acceptors (Lipinski definition) is 3. The van der Waals surface area contributed by atoms with Crippen LogP contribution in [0.2, 0.25) is 0 Å². The summed E-state index contributed by atoms with van der Waals surface area (Å²) >= 11 is 1.74. The molecular formula is C14H20N2S. The van der Waals surface area contributed by atoms with Crippen LogP contribution >= 0.6 is 11.8 Å². The number of hydrogen-bond donors (Lipinski definition) is 1. The molecule has 1 rings (SSSR count). The number of benzene rings is 1. The fourth-order valence-electron chi connectivity index (χ4n) is 1.45. The summed E-state index contributed by atoms with van der Waals surface area (Å²) in [6.07, 6.45) is 0. The second-order valence-corrected chi connectivity index (χ2v) is 6.26. The Labute approximate surface area is 108 Å². The molecular weight excluding hydrogens is 228 g/mol. The Morgan fingerprint density at radius 1 is 1.29 bits per heavy atom. The summed E-state index contributed by atoms with van der Waals surface area (Å²) in [5.41, 5.74) is 1.95. The highest BCUT2D eigenvalue weighted by Crippen LogP contribution is 2.27. The maximum atomic E-state index is 9.15. The first-order valence-corrected chi connectivity index (χ1v) is 6.84. The molecule has 3 heteroatoms. The van der Waals surface area contributed by atoms with E-state index in [1.54, 1.807) is 11.8 Å². The van der Waals surface area contributed by atoms with E-state index < -0.39 is 0 Å². The van der Waals surface area contributed by atoms with Crippen LogP contribution in [0.25, 0.3) is 0 Å². The van der Waals surface area contributed by atoms with Gasteiger partial charge in [-0.15, -0.1) is 11.8 Å². The lowest BCUT2D eigenvalue weighted by molar-refractivity contribution is 0.588. The normalized spacial score (nSPS) is 10.9. The Morgan fingerprint density at radius 3 is 2.53 bits per heavy atom. The van der Waals surface area contributed by atoms with Gasteiger partial charge in [-0.05, 0) is 17.7 Å². The smallest absolute Gasteiger partial charge is 0.100 e. The van der Waals surface area contributed by atoms with Crippen LogP contribution < -0.4 is 5.32 Å². The molecule has 0 spiro atoms. The lowest BCUT2D eigenvalue weighted by atomic mass is 10.1. The van der Waals surface area contributed by atoms with Gasteiger partial charge >= 0.3 is 0 Å². The number of rotatable bonds is 5. The predicted molar refractivity (Wildman–Crippen MR) is 74.1 cm³/mol. The molecule has 0 aliphatic carbocycles. The second kappa shape index (κ2) is 6.68. The number of nitrogens with zero attached hydrogens (tertiary/aromatic N) is 1. The van der Waals surface area contributed by atoms with Crippen LogP contribution in [0.5, 0.6) is 0 Å². The van der Waals surface area contributed by atoms with E-state index in [1.165, 1.54) is 5.56 Å². The fraction of sp³-hybridized carbons (Fsp3) is 0.500. The Morgan fingerprint density at radius 2 is 2.00 bits per heavy atom. The first-order chi connectivity index (χ1) is 8.02. The zero-order valence-electron chi connectivity index (χ0n) is 10.9. The molecule has 0 atom stereocenters. The van der Waals surface area contributed by atoms with Gasteiger partial charge in [0.05, 0.1) is 5.56 Å². The minimum atomic E-state index is 0.463. The molecule has 0 radical (unpaired) electrons. The van der Waals surface area contributed by atoms with Crippen molar-refractivity contribution >= 4 is 11.8 Å². The average Bonchev–Trinajstić information content (AvgIpc) is 2.26. The predicted octanol–water partition coefficient (Wildman–Crippen LogP) is 3.56. The van der Waals surface area contributed by atoms with Gasteiger partial charge < -0.3 is 5.32 Å². The van der Waals surface area contributed by atoms with Crippen LogP contribution in [0.3, 0.4) is 0 Å². The zero-order chi connectivity index (χ0) is 12.8. The van der Waals surface area contributed by atoms with Gasteiger partial charge in [0.15, 0.2) is 0 Å². The summed E-state index contributed by atoms with van der Waals surface area (Å²) in [6.45, 7) is 9.33. The van der Waals surface area contributed by atoms with Gasteiger partial charge in [0, 0.05) is 22.7 Å². The van der Waals surface area contributed by atoms with E-state index in [2.05, 4.69) is 51.2 Å². The topological polar surface area (TPSA) is 35.8 Å². The first kappa shape index (κ1) is 14.1. The van der Waals surface area contributed by atoms with Gasteiger partial charge in [0.2, 0.25) is 0 Å². The number of nitriles is 1. The molecule has 0 aliphatic heterocycles. The van der Waals surface area contributed by atoms with Crippen molar-refractivity contribution in [3.63, 3.8) is 0 Å². The van der Waals surface area contributed by atoms with E-state index in [-0.39, 0.29) is 0 Å². The Hall–Kier alpha value is -0.980. The summed E-state index contributed by atoms with van der Waals surface area (Å²) in [6, 6.07) is 8.88. The lowest BCUT2D eigenvalue weighted by Gasteiger charge is -2.11. The minimum Gasteiger partial charge on any atom is -0.310 e. The van der Waals surface area contributed by atoms with E-state index in [0.717, 1.165) is 17.0 Å². The average molecular weight is 248 g/mol. The molecule has 1 aromatic carbocycles. The molecule has 1 aromatic rings. The highest BCUT2D eigenvalue weighted by Gasteiger charge is 2.06. The van der Waals surface area contributed by atoms with Crippen molar-refractivity contribution in [2.24, 2.45) is 0 Å². The summed E-state index contributed by atoms with van der Waals surface area (Å²) in [5.74, 6) is 0. The van der Waals surface area contributed by atoms with Crippen molar-refractivity contribution in [2.75, 3.05) is 0 Å². The van der Waals surface area contributed by atoms with E-state index in [9.17, 15) is 0 Å². The molecule has 1 N–H and O–H groups in total. The van der Waals surface area contributed by atoms with Crippen molar-refractivity contribution in [2.45, 2.75) is 50.4 Å². The largest absolute Gasteiger partial charge is 0.310 e. The van der Waals surface area contributed by atoms with Crippen molar-refractivity contribution in [3.8, 4) is 6.07 Å².